The minimum atomic E-state index is -0.380. The number of halogens is 2. The SMILES string of the molecule is Cc1ccc(-c2cc(F)cc(Cl)c2N)cc1. The molecule has 0 heterocycles. The lowest BCUT2D eigenvalue weighted by atomic mass is 10.0. The Morgan fingerprint density at radius 1 is 1.12 bits per heavy atom. The van der Waals surface area contributed by atoms with Crippen molar-refractivity contribution in [3.05, 3.63) is 52.8 Å². The van der Waals surface area contributed by atoms with Gasteiger partial charge in [-0.05, 0) is 24.6 Å². The van der Waals surface area contributed by atoms with E-state index in [1.807, 2.05) is 31.2 Å². The van der Waals surface area contributed by atoms with Gasteiger partial charge in [0.1, 0.15) is 5.82 Å². The number of anilines is 1. The molecule has 0 spiro atoms. The first-order chi connectivity index (χ1) is 7.58. The van der Waals surface area contributed by atoms with Gasteiger partial charge in [0.05, 0.1) is 10.7 Å². The minimum Gasteiger partial charge on any atom is -0.397 e. The van der Waals surface area contributed by atoms with Gasteiger partial charge in [-0.2, -0.15) is 0 Å². The molecule has 0 aliphatic carbocycles. The lowest BCUT2D eigenvalue weighted by molar-refractivity contribution is 0.628. The van der Waals surface area contributed by atoms with Crippen LogP contribution < -0.4 is 5.73 Å². The smallest absolute Gasteiger partial charge is 0.125 e. The van der Waals surface area contributed by atoms with E-state index in [4.69, 9.17) is 17.3 Å². The summed E-state index contributed by atoms with van der Waals surface area (Å²) < 4.78 is 13.2. The summed E-state index contributed by atoms with van der Waals surface area (Å²) in [6.45, 7) is 1.99. The molecule has 0 saturated heterocycles. The molecule has 0 aromatic heterocycles. The molecule has 0 aliphatic heterocycles. The van der Waals surface area contributed by atoms with Gasteiger partial charge in [0.25, 0.3) is 0 Å². The van der Waals surface area contributed by atoms with Crippen molar-refractivity contribution in [3.63, 3.8) is 0 Å². The zero-order valence-corrected chi connectivity index (χ0v) is 9.55. The largest absolute Gasteiger partial charge is 0.397 e. The predicted molar refractivity (Wildman–Crippen MR) is 66.0 cm³/mol. The Labute approximate surface area is 98.7 Å². The van der Waals surface area contributed by atoms with E-state index in [2.05, 4.69) is 0 Å². The minimum absolute atomic E-state index is 0.246. The first-order valence-electron chi connectivity index (χ1n) is 4.89. The van der Waals surface area contributed by atoms with Crippen LogP contribution in [0.25, 0.3) is 11.1 Å². The van der Waals surface area contributed by atoms with Crippen molar-refractivity contribution in [2.45, 2.75) is 6.92 Å². The van der Waals surface area contributed by atoms with Crippen LogP contribution in [0.1, 0.15) is 5.56 Å². The summed E-state index contributed by atoms with van der Waals surface area (Å²) in [6.07, 6.45) is 0. The molecule has 0 unspecified atom stereocenters. The molecule has 0 aliphatic rings. The second-order valence-electron chi connectivity index (χ2n) is 3.71. The van der Waals surface area contributed by atoms with Gasteiger partial charge in [-0.3, -0.25) is 0 Å². The third-order valence-corrected chi connectivity index (χ3v) is 2.77. The quantitative estimate of drug-likeness (QED) is 0.742. The molecule has 16 heavy (non-hydrogen) atoms. The van der Waals surface area contributed by atoms with E-state index in [0.29, 0.717) is 11.3 Å². The molecule has 1 nitrogen and oxygen atoms in total. The van der Waals surface area contributed by atoms with E-state index in [0.717, 1.165) is 11.1 Å². The van der Waals surface area contributed by atoms with Gasteiger partial charge >= 0.3 is 0 Å². The Hall–Kier alpha value is -1.54. The summed E-state index contributed by atoms with van der Waals surface area (Å²) in [5, 5.41) is 0.246. The van der Waals surface area contributed by atoms with Crippen LogP contribution in [0.2, 0.25) is 5.02 Å². The van der Waals surface area contributed by atoms with Gasteiger partial charge in [0.2, 0.25) is 0 Å². The van der Waals surface area contributed by atoms with Crippen LogP contribution in [0.3, 0.4) is 0 Å². The summed E-state index contributed by atoms with van der Waals surface area (Å²) in [5.74, 6) is -0.380. The highest BCUT2D eigenvalue weighted by Crippen LogP contribution is 2.32. The van der Waals surface area contributed by atoms with Gasteiger partial charge in [0.15, 0.2) is 0 Å². The van der Waals surface area contributed by atoms with Crippen LogP contribution >= 0.6 is 11.6 Å². The molecule has 0 saturated carbocycles. The highest BCUT2D eigenvalue weighted by molar-refractivity contribution is 6.33. The number of hydrogen-bond acceptors (Lipinski definition) is 1. The van der Waals surface area contributed by atoms with E-state index in [1.54, 1.807) is 0 Å². The lowest BCUT2D eigenvalue weighted by Crippen LogP contribution is -1.93. The Morgan fingerprint density at radius 3 is 2.38 bits per heavy atom. The zero-order chi connectivity index (χ0) is 11.7. The second-order valence-corrected chi connectivity index (χ2v) is 4.12. The van der Waals surface area contributed by atoms with E-state index in [-0.39, 0.29) is 10.8 Å². The maximum absolute atomic E-state index is 13.2. The van der Waals surface area contributed by atoms with Crippen molar-refractivity contribution in [3.8, 4) is 11.1 Å². The molecular weight excluding hydrogens is 225 g/mol. The van der Waals surface area contributed by atoms with E-state index >= 15 is 0 Å². The summed E-state index contributed by atoms with van der Waals surface area (Å²) >= 11 is 5.84. The number of benzene rings is 2. The molecule has 0 bridgehead atoms. The standard InChI is InChI=1S/C13H11ClFN/c1-8-2-4-9(5-3-8)11-6-10(15)7-12(14)13(11)16/h2-7H,16H2,1H3. The summed E-state index contributed by atoms with van der Waals surface area (Å²) in [7, 11) is 0. The number of nitrogens with two attached hydrogens (primary N) is 1. The van der Waals surface area contributed by atoms with Crippen LogP contribution in [-0.4, -0.2) is 0 Å². The monoisotopic (exact) mass is 235 g/mol. The third-order valence-electron chi connectivity index (χ3n) is 2.46. The predicted octanol–water partition coefficient (Wildman–Crippen LogP) is 4.04. The maximum Gasteiger partial charge on any atom is 0.125 e. The fourth-order valence-corrected chi connectivity index (χ4v) is 1.76. The fourth-order valence-electron chi connectivity index (χ4n) is 1.56. The van der Waals surface area contributed by atoms with Crippen LogP contribution in [-0.2, 0) is 0 Å². The summed E-state index contributed by atoms with van der Waals surface area (Å²) in [6, 6.07) is 10.3. The van der Waals surface area contributed by atoms with Crippen molar-refractivity contribution < 1.29 is 4.39 Å². The van der Waals surface area contributed by atoms with Gasteiger partial charge in [0, 0.05) is 5.56 Å². The van der Waals surface area contributed by atoms with Gasteiger partial charge in [-0.1, -0.05) is 41.4 Å². The first-order valence-corrected chi connectivity index (χ1v) is 5.27. The molecule has 82 valence electrons. The number of nitrogen functional groups attached to an aromatic ring is 1. The van der Waals surface area contributed by atoms with E-state index in [1.165, 1.54) is 12.1 Å². The summed E-state index contributed by atoms with van der Waals surface area (Å²) in [4.78, 5) is 0. The highest BCUT2D eigenvalue weighted by Gasteiger charge is 2.08. The molecule has 0 amide bonds. The average Bonchev–Trinajstić information content (AvgIpc) is 2.25. The number of aryl methyl sites for hydroxylation is 1. The molecule has 2 aromatic carbocycles. The van der Waals surface area contributed by atoms with E-state index < -0.39 is 0 Å². The Balaban J connectivity index is 2.59. The molecular formula is C13H11ClFN. The first kappa shape index (κ1) is 11.0. The molecule has 0 fully saturated rings. The topological polar surface area (TPSA) is 26.0 Å². The van der Waals surface area contributed by atoms with Crippen LogP contribution in [0.4, 0.5) is 10.1 Å². The molecule has 2 N–H and O–H groups in total. The normalized spacial score (nSPS) is 10.4. The van der Waals surface area contributed by atoms with Crippen LogP contribution in [0.15, 0.2) is 36.4 Å². The van der Waals surface area contributed by atoms with Crippen molar-refractivity contribution >= 4 is 17.3 Å². The molecule has 0 atom stereocenters. The summed E-state index contributed by atoms with van der Waals surface area (Å²) in [5.41, 5.74) is 8.87. The second kappa shape index (κ2) is 4.14. The van der Waals surface area contributed by atoms with Crippen molar-refractivity contribution in [1.29, 1.82) is 0 Å². The molecule has 2 aromatic rings. The van der Waals surface area contributed by atoms with Crippen LogP contribution in [0, 0.1) is 12.7 Å². The van der Waals surface area contributed by atoms with Crippen molar-refractivity contribution in [2.75, 3.05) is 5.73 Å². The van der Waals surface area contributed by atoms with Crippen LogP contribution in [0.5, 0.6) is 0 Å². The average molecular weight is 236 g/mol. The molecule has 3 heteroatoms. The van der Waals surface area contributed by atoms with E-state index in [9.17, 15) is 4.39 Å². The third kappa shape index (κ3) is 2.02. The Morgan fingerprint density at radius 2 is 1.75 bits per heavy atom. The van der Waals surface area contributed by atoms with Gasteiger partial charge in [-0.15, -0.1) is 0 Å². The van der Waals surface area contributed by atoms with Gasteiger partial charge < -0.3 is 5.73 Å². The highest BCUT2D eigenvalue weighted by atomic mass is 35.5. The fraction of sp³-hybridized carbons (Fsp3) is 0.0769. The van der Waals surface area contributed by atoms with Crippen molar-refractivity contribution in [2.24, 2.45) is 0 Å². The number of rotatable bonds is 1. The maximum atomic E-state index is 13.2. The Kier molecular flexibility index (Phi) is 2.84. The zero-order valence-electron chi connectivity index (χ0n) is 8.80. The Bertz CT molecular complexity index is 520. The lowest BCUT2D eigenvalue weighted by Gasteiger charge is -2.08. The molecule has 2 rings (SSSR count). The number of hydrogen-bond donors (Lipinski definition) is 1. The molecule has 0 radical (unpaired) electrons. The van der Waals surface area contributed by atoms with Gasteiger partial charge in [-0.25, -0.2) is 4.39 Å². The van der Waals surface area contributed by atoms with Crippen molar-refractivity contribution in [1.82, 2.24) is 0 Å².